The molecule has 16 heavy (non-hydrogen) atoms. The van der Waals surface area contributed by atoms with Crippen LogP contribution >= 0.6 is 11.6 Å². The van der Waals surface area contributed by atoms with Gasteiger partial charge in [0.15, 0.2) is 13.1 Å². The third-order valence-electron chi connectivity index (χ3n) is 1.83. The zero-order chi connectivity index (χ0) is 11.8. The lowest BCUT2D eigenvalue weighted by atomic mass is 10.2. The van der Waals surface area contributed by atoms with Gasteiger partial charge in [-0.3, -0.25) is 4.79 Å². The second-order valence-corrected chi connectivity index (χ2v) is 3.40. The molecule has 1 aromatic carbocycles. The van der Waals surface area contributed by atoms with Crippen molar-refractivity contribution in [1.82, 2.24) is 0 Å². The van der Waals surface area contributed by atoms with Gasteiger partial charge in [0, 0.05) is 12.1 Å². The molecule has 0 aliphatic heterocycles. The molecule has 1 rings (SSSR count). The highest BCUT2D eigenvalue weighted by Crippen LogP contribution is 2.21. The molecule has 88 valence electrons. The number of ether oxygens (including phenoxy) is 3. The Kier molecular flexibility index (Phi) is 5.85. The quantitative estimate of drug-likeness (QED) is 0.419. The zero-order valence-electron chi connectivity index (χ0n) is 8.94. The first kappa shape index (κ1) is 13.0. The zero-order valence-corrected chi connectivity index (χ0v) is 9.70. The SMILES string of the molecule is COCCOCOc1ccc(Cl)cc1C=O. The molecular formula is C11H13ClO4. The van der Waals surface area contributed by atoms with Crippen molar-refractivity contribution in [2.75, 3.05) is 27.1 Å². The summed E-state index contributed by atoms with van der Waals surface area (Å²) in [4.78, 5) is 10.7. The first-order valence-electron chi connectivity index (χ1n) is 4.72. The summed E-state index contributed by atoms with van der Waals surface area (Å²) in [6, 6.07) is 4.82. The number of carbonyl (C=O) groups is 1. The molecule has 0 N–H and O–H groups in total. The molecule has 0 heterocycles. The van der Waals surface area contributed by atoms with Gasteiger partial charge in [-0.25, -0.2) is 0 Å². The first-order chi connectivity index (χ1) is 7.77. The van der Waals surface area contributed by atoms with Gasteiger partial charge in [-0.05, 0) is 18.2 Å². The average molecular weight is 245 g/mol. The highest BCUT2D eigenvalue weighted by molar-refractivity contribution is 6.30. The predicted octanol–water partition coefficient (Wildman–Crippen LogP) is 2.15. The van der Waals surface area contributed by atoms with Crippen molar-refractivity contribution >= 4 is 17.9 Å². The van der Waals surface area contributed by atoms with E-state index in [4.69, 9.17) is 25.8 Å². The molecule has 0 aliphatic carbocycles. The van der Waals surface area contributed by atoms with Crippen LogP contribution in [0.4, 0.5) is 0 Å². The van der Waals surface area contributed by atoms with E-state index in [1.807, 2.05) is 0 Å². The van der Waals surface area contributed by atoms with Gasteiger partial charge in [-0.1, -0.05) is 11.6 Å². The number of carbonyl (C=O) groups excluding carboxylic acids is 1. The van der Waals surface area contributed by atoms with Crippen LogP contribution in [0.3, 0.4) is 0 Å². The van der Waals surface area contributed by atoms with Gasteiger partial charge in [0.1, 0.15) is 5.75 Å². The van der Waals surface area contributed by atoms with Crippen LogP contribution in [0.5, 0.6) is 5.75 Å². The number of halogens is 1. The fourth-order valence-corrected chi connectivity index (χ4v) is 1.23. The van der Waals surface area contributed by atoms with Crippen LogP contribution in [-0.2, 0) is 9.47 Å². The minimum Gasteiger partial charge on any atom is -0.467 e. The Morgan fingerprint density at radius 1 is 1.38 bits per heavy atom. The number of rotatable bonds is 7. The summed E-state index contributed by atoms with van der Waals surface area (Å²) in [5, 5.41) is 0.495. The molecule has 0 radical (unpaired) electrons. The van der Waals surface area contributed by atoms with Crippen LogP contribution in [0.25, 0.3) is 0 Å². The highest BCUT2D eigenvalue weighted by Gasteiger charge is 2.03. The Hall–Kier alpha value is -1.10. The predicted molar refractivity (Wildman–Crippen MR) is 60.2 cm³/mol. The summed E-state index contributed by atoms with van der Waals surface area (Å²) >= 11 is 5.74. The topological polar surface area (TPSA) is 44.8 Å². The Labute approximate surface area is 99.1 Å². The molecule has 0 saturated heterocycles. The fourth-order valence-electron chi connectivity index (χ4n) is 1.05. The Balaban J connectivity index is 2.44. The van der Waals surface area contributed by atoms with Gasteiger partial charge in [-0.15, -0.1) is 0 Å². The van der Waals surface area contributed by atoms with Crippen molar-refractivity contribution in [2.45, 2.75) is 0 Å². The number of hydrogen-bond acceptors (Lipinski definition) is 4. The van der Waals surface area contributed by atoms with E-state index in [0.29, 0.717) is 35.8 Å². The summed E-state index contributed by atoms with van der Waals surface area (Å²) < 4.78 is 15.2. The van der Waals surface area contributed by atoms with Gasteiger partial charge < -0.3 is 14.2 Å². The average Bonchev–Trinajstić information content (AvgIpc) is 2.30. The lowest BCUT2D eigenvalue weighted by molar-refractivity contribution is -0.00866. The molecule has 0 atom stereocenters. The molecule has 0 unspecified atom stereocenters. The van der Waals surface area contributed by atoms with Crippen molar-refractivity contribution in [2.24, 2.45) is 0 Å². The van der Waals surface area contributed by atoms with Gasteiger partial charge in [0.05, 0.1) is 18.8 Å². The van der Waals surface area contributed by atoms with Crippen LogP contribution in [0, 0.1) is 0 Å². The van der Waals surface area contributed by atoms with Crippen LogP contribution in [0.1, 0.15) is 10.4 Å². The lowest BCUT2D eigenvalue weighted by Gasteiger charge is -2.08. The molecule has 0 aromatic heterocycles. The molecule has 1 aromatic rings. The molecule has 0 spiro atoms. The minimum atomic E-state index is 0.0752. The third kappa shape index (κ3) is 4.18. The van der Waals surface area contributed by atoms with Crippen molar-refractivity contribution in [3.05, 3.63) is 28.8 Å². The second kappa shape index (κ2) is 7.22. The summed E-state index contributed by atoms with van der Waals surface area (Å²) in [7, 11) is 1.59. The first-order valence-corrected chi connectivity index (χ1v) is 5.10. The van der Waals surface area contributed by atoms with Gasteiger partial charge in [0.2, 0.25) is 0 Å². The van der Waals surface area contributed by atoms with E-state index in [1.54, 1.807) is 25.3 Å². The minimum absolute atomic E-state index is 0.0752. The number of aldehydes is 1. The van der Waals surface area contributed by atoms with Crippen LogP contribution in [-0.4, -0.2) is 33.4 Å². The van der Waals surface area contributed by atoms with Crippen molar-refractivity contribution in [3.8, 4) is 5.75 Å². The van der Waals surface area contributed by atoms with Gasteiger partial charge in [-0.2, -0.15) is 0 Å². The summed E-state index contributed by atoms with van der Waals surface area (Å²) in [6.45, 7) is 1.02. The maximum absolute atomic E-state index is 10.7. The van der Waals surface area contributed by atoms with Crippen molar-refractivity contribution in [3.63, 3.8) is 0 Å². The molecule has 0 amide bonds. The number of methoxy groups -OCH3 is 1. The summed E-state index contributed by atoms with van der Waals surface area (Å²) in [6.07, 6.45) is 0.691. The van der Waals surface area contributed by atoms with E-state index in [9.17, 15) is 4.79 Å². The molecular weight excluding hydrogens is 232 g/mol. The Bertz CT molecular complexity index is 341. The molecule has 4 nitrogen and oxygen atoms in total. The number of benzene rings is 1. The van der Waals surface area contributed by atoms with E-state index in [2.05, 4.69) is 0 Å². The third-order valence-corrected chi connectivity index (χ3v) is 2.06. The summed E-state index contributed by atoms with van der Waals surface area (Å²) in [5.41, 5.74) is 0.405. The van der Waals surface area contributed by atoms with Crippen molar-refractivity contribution in [1.29, 1.82) is 0 Å². The normalized spacial score (nSPS) is 10.1. The largest absolute Gasteiger partial charge is 0.467 e. The van der Waals surface area contributed by atoms with E-state index in [1.165, 1.54) is 0 Å². The van der Waals surface area contributed by atoms with Crippen LogP contribution < -0.4 is 4.74 Å². The maximum Gasteiger partial charge on any atom is 0.189 e. The Morgan fingerprint density at radius 3 is 2.88 bits per heavy atom. The fraction of sp³-hybridized carbons (Fsp3) is 0.364. The second-order valence-electron chi connectivity index (χ2n) is 2.96. The summed E-state index contributed by atoms with van der Waals surface area (Å²) in [5.74, 6) is 0.455. The molecule has 0 fully saturated rings. The molecule has 0 bridgehead atoms. The highest BCUT2D eigenvalue weighted by atomic mass is 35.5. The molecule has 5 heteroatoms. The van der Waals surface area contributed by atoms with Gasteiger partial charge >= 0.3 is 0 Å². The Morgan fingerprint density at radius 2 is 2.19 bits per heavy atom. The van der Waals surface area contributed by atoms with Crippen LogP contribution in [0.2, 0.25) is 5.02 Å². The smallest absolute Gasteiger partial charge is 0.189 e. The monoisotopic (exact) mass is 244 g/mol. The van der Waals surface area contributed by atoms with E-state index in [-0.39, 0.29) is 6.79 Å². The standard InChI is InChI=1S/C11H13ClO4/c1-14-4-5-15-8-16-11-3-2-10(12)6-9(11)7-13/h2-3,6-7H,4-5,8H2,1H3. The van der Waals surface area contributed by atoms with Crippen molar-refractivity contribution < 1.29 is 19.0 Å². The van der Waals surface area contributed by atoms with E-state index < -0.39 is 0 Å². The lowest BCUT2D eigenvalue weighted by Crippen LogP contribution is -2.08. The van der Waals surface area contributed by atoms with E-state index in [0.717, 1.165) is 0 Å². The van der Waals surface area contributed by atoms with E-state index >= 15 is 0 Å². The molecule has 0 saturated carbocycles. The van der Waals surface area contributed by atoms with Gasteiger partial charge in [0.25, 0.3) is 0 Å². The number of hydrogen-bond donors (Lipinski definition) is 0. The maximum atomic E-state index is 10.7. The molecule has 0 aliphatic rings. The van der Waals surface area contributed by atoms with Crippen LogP contribution in [0.15, 0.2) is 18.2 Å².